The summed E-state index contributed by atoms with van der Waals surface area (Å²) in [5.74, 6) is -1.89. The van der Waals surface area contributed by atoms with Gasteiger partial charge in [-0.15, -0.1) is 0 Å². The maximum atomic E-state index is 13.3. The molecule has 5 nitrogen and oxygen atoms in total. The summed E-state index contributed by atoms with van der Waals surface area (Å²) in [5, 5.41) is 0. The van der Waals surface area contributed by atoms with Crippen molar-refractivity contribution in [2.75, 3.05) is 20.1 Å². The number of halogens is 4. The van der Waals surface area contributed by atoms with Gasteiger partial charge >= 0.3 is 12.3 Å². The molecule has 1 saturated heterocycles. The third kappa shape index (κ3) is 5.36. The minimum absolute atomic E-state index is 0.326. The monoisotopic (exact) mass is 404 g/mol. The molecule has 0 bridgehead atoms. The van der Waals surface area contributed by atoms with Gasteiger partial charge in [-0.05, 0) is 51.8 Å². The molecule has 2 amide bonds. The van der Waals surface area contributed by atoms with Crippen molar-refractivity contribution in [3.8, 4) is 0 Å². The Kier molecular flexibility index (Phi) is 6.25. The summed E-state index contributed by atoms with van der Waals surface area (Å²) in [4.78, 5) is 27.5. The van der Waals surface area contributed by atoms with E-state index in [0.29, 0.717) is 32.0 Å². The van der Waals surface area contributed by atoms with Crippen molar-refractivity contribution < 1.29 is 31.9 Å². The smallest absolute Gasteiger partial charge is 0.417 e. The van der Waals surface area contributed by atoms with Crippen molar-refractivity contribution in [2.45, 2.75) is 51.4 Å². The average molecular weight is 404 g/mol. The van der Waals surface area contributed by atoms with Gasteiger partial charge in [-0.3, -0.25) is 4.79 Å². The summed E-state index contributed by atoms with van der Waals surface area (Å²) >= 11 is 0. The molecule has 0 N–H and O–H groups in total. The topological polar surface area (TPSA) is 49.9 Å². The Bertz CT molecular complexity index is 736. The van der Waals surface area contributed by atoms with E-state index in [9.17, 15) is 27.2 Å². The van der Waals surface area contributed by atoms with Gasteiger partial charge in [0, 0.05) is 26.2 Å². The lowest BCUT2D eigenvalue weighted by molar-refractivity contribution is -0.138. The highest BCUT2D eigenvalue weighted by Crippen LogP contribution is 2.33. The molecule has 1 fully saturated rings. The molecule has 2 rings (SSSR count). The van der Waals surface area contributed by atoms with Crippen LogP contribution in [0.3, 0.4) is 0 Å². The van der Waals surface area contributed by atoms with E-state index >= 15 is 0 Å². The van der Waals surface area contributed by atoms with Crippen LogP contribution in [-0.2, 0) is 10.9 Å². The van der Waals surface area contributed by atoms with E-state index in [0.717, 1.165) is 12.1 Å². The number of hydrogen-bond acceptors (Lipinski definition) is 3. The average Bonchev–Trinajstić information content (AvgIpc) is 2.58. The number of hydrogen-bond donors (Lipinski definition) is 0. The van der Waals surface area contributed by atoms with E-state index in [4.69, 9.17) is 4.74 Å². The number of ether oxygens (including phenoxy) is 1. The van der Waals surface area contributed by atoms with Gasteiger partial charge in [0.2, 0.25) is 0 Å². The van der Waals surface area contributed by atoms with E-state index in [1.54, 1.807) is 20.8 Å². The lowest BCUT2D eigenvalue weighted by Crippen LogP contribution is -2.48. The molecule has 0 aliphatic carbocycles. The maximum absolute atomic E-state index is 13.3. The molecule has 0 radical (unpaired) electrons. The number of alkyl halides is 3. The summed E-state index contributed by atoms with van der Waals surface area (Å²) in [6, 6.07) is 1.68. The number of nitrogens with zero attached hydrogens (tertiary/aromatic N) is 2. The van der Waals surface area contributed by atoms with Crippen LogP contribution in [0.2, 0.25) is 0 Å². The Morgan fingerprint density at radius 1 is 1.14 bits per heavy atom. The third-order valence-corrected chi connectivity index (χ3v) is 4.50. The van der Waals surface area contributed by atoms with Crippen LogP contribution in [-0.4, -0.2) is 53.6 Å². The largest absolute Gasteiger partial charge is 0.444 e. The molecular formula is C19H24F4N2O3. The van der Waals surface area contributed by atoms with Gasteiger partial charge in [-0.25, -0.2) is 9.18 Å². The highest BCUT2D eigenvalue weighted by molar-refractivity contribution is 5.96. The fourth-order valence-corrected chi connectivity index (χ4v) is 3.06. The maximum Gasteiger partial charge on any atom is 0.417 e. The molecule has 1 heterocycles. The first kappa shape index (κ1) is 22.0. The zero-order chi connectivity index (χ0) is 21.3. The highest BCUT2D eigenvalue weighted by atomic mass is 19.4. The lowest BCUT2D eigenvalue weighted by Gasteiger charge is -2.37. The SMILES string of the molecule is CN(C(=O)c1ccc(F)cc1C(F)(F)F)C1CCN(C(=O)OC(C)(C)C)CC1. The second kappa shape index (κ2) is 7.97. The molecule has 9 heteroatoms. The normalized spacial score (nSPS) is 16.1. The molecule has 0 spiro atoms. The van der Waals surface area contributed by atoms with Gasteiger partial charge in [0.05, 0.1) is 11.1 Å². The number of rotatable bonds is 2. The summed E-state index contributed by atoms with van der Waals surface area (Å²) in [6.07, 6.45) is -4.49. The van der Waals surface area contributed by atoms with E-state index in [-0.39, 0.29) is 6.04 Å². The van der Waals surface area contributed by atoms with Crippen molar-refractivity contribution in [1.29, 1.82) is 0 Å². The van der Waals surface area contributed by atoms with E-state index in [1.807, 2.05) is 0 Å². The molecule has 0 atom stereocenters. The van der Waals surface area contributed by atoms with Gasteiger partial charge < -0.3 is 14.5 Å². The molecule has 1 aromatic carbocycles. The summed E-state index contributed by atoms with van der Waals surface area (Å²) in [5.41, 5.74) is -2.52. The Balaban J connectivity index is 2.07. The van der Waals surface area contributed by atoms with Gasteiger partial charge in [-0.1, -0.05) is 0 Å². The van der Waals surface area contributed by atoms with Crippen LogP contribution < -0.4 is 0 Å². The molecule has 1 aliphatic heterocycles. The van der Waals surface area contributed by atoms with Crippen molar-refractivity contribution in [3.63, 3.8) is 0 Å². The van der Waals surface area contributed by atoms with E-state index < -0.39 is 40.7 Å². The van der Waals surface area contributed by atoms with Crippen LogP contribution >= 0.6 is 0 Å². The molecule has 1 aliphatic rings. The Morgan fingerprint density at radius 2 is 1.71 bits per heavy atom. The van der Waals surface area contributed by atoms with Crippen molar-refractivity contribution in [1.82, 2.24) is 9.80 Å². The highest BCUT2D eigenvalue weighted by Gasteiger charge is 2.38. The van der Waals surface area contributed by atoms with Gasteiger partial charge in [0.25, 0.3) is 5.91 Å². The summed E-state index contributed by atoms with van der Waals surface area (Å²) < 4.78 is 58.1. The molecule has 0 saturated carbocycles. The molecule has 0 aromatic heterocycles. The molecule has 0 unspecified atom stereocenters. The van der Waals surface area contributed by atoms with E-state index in [2.05, 4.69) is 0 Å². The number of piperidine rings is 1. The zero-order valence-corrected chi connectivity index (χ0v) is 16.3. The second-order valence-electron chi connectivity index (χ2n) is 7.80. The predicted octanol–water partition coefficient (Wildman–Crippen LogP) is 4.32. The predicted molar refractivity (Wildman–Crippen MR) is 94.3 cm³/mol. The second-order valence-corrected chi connectivity index (χ2v) is 7.80. The fourth-order valence-electron chi connectivity index (χ4n) is 3.06. The van der Waals surface area contributed by atoms with Crippen LogP contribution in [0, 0.1) is 5.82 Å². The zero-order valence-electron chi connectivity index (χ0n) is 16.3. The van der Waals surface area contributed by atoms with Crippen LogP contribution in [0.25, 0.3) is 0 Å². The summed E-state index contributed by atoms with van der Waals surface area (Å²) in [7, 11) is 1.42. The first-order valence-electron chi connectivity index (χ1n) is 8.91. The number of amides is 2. The molecule has 28 heavy (non-hydrogen) atoms. The molecule has 156 valence electrons. The van der Waals surface area contributed by atoms with Crippen molar-refractivity contribution in [3.05, 3.63) is 35.1 Å². The fraction of sp³-hybridized carbons (Fsp3) is 0.579. The van der Waals surface area contributed by atoms with Crippen LogP contribution in [0.4, 0.5) is 22.4 Å². The molecular weight excluding hydrogens is 380 g/mol. The Hall–Kier alpha value is -2.32. The number of likely N-dealkylation sites (tertiary alicyclic amines) is 1. The quantitative estimate of drug-likeness (QED) is 0.690. The third-order valence-electron chi connectivity index (χ3n) is 4.50. The Morgan fingerprint density at radius 3 is 2.21 bits per heavy atom. The number of carbonyl (C=O) groups excluding carboxylic acids is 2. The Labute approximate surface area is 161 Å². The van der Waals surface area contributed by atoms with Crippen LogP contribution in [0.5, 0.6) is 0 Å². The van der Waals surface area contributed by atoms with E-state index in [1.165, 1.54) is 16.8 Å². The van der Waals surface area contributed by atoms with Gasteiger partial charge in [0.1, 0.15) is 11.4 Å². The van der Waals surface area contributed by atoms with Crippen LogP contribution in [0.15, 0.2) is 18.2 Å². The number of carbonyl (C=O) groups is 2. The first-order valence-corrected chi connectivity index (χ1v) is 8.91. The lowest BCUT2D eigenvalue weighted by atomic mass is 10.0. The van der Waals surface area contributed by atoms with Gasteiger partial charge in [-0.2, -0.15) is 13.2 Å². The van der Waals surface area contributed by atoms with Crippen LogP contribution in [0.1, 0.15) is 49.5 Å². The summed E-state index contributed by atoms with van der Waals surface area (Å²) in [6.45, 7) is 5.92. The van der Waals surface area contributed by atoms with Crippen molar-refractivity contribution >= 4 is 12.0 Å². The number of benzene rings is 1. The standard InChI is InChI=1S/C19H24F4N2O3/c1-18(2,3)28-17(27)25-9-7-13(8-10-25)24(4)16(26)14-6-5-12(20)11-15(14)19(21,22)23/h5-6,11,13H,7-10H2,1-4H3. The minimum Gasteiger partial charge on any atom is -0.444 e. The van der Waals surface area contributed by atoms with Crippen molar-refractivity contribution in [2.24, 2.45) is 0 Å². The minimum atomic E-state index is -4.84. The molecule has 1 aromatic rings. The van der Waals surface area contributed by atoms with Gasteiger partial charge in [0.15, 0.2) is 0 Å². The first-order chi connectivity index (χ1) is 12.8.